The van der Waals surface area contributed by atoms with E-state index in [2.05, 4.69) is 29.2 Å². The molecule has 3 heterocycles. The first kappa shape index (κ1) is 12.7. The number of aryl methyl sites for hydroxylation is 1. The van der Waals surface area contributed by atoms with E-state index in [0.29, 0.717) is 6.42 Å². The second kappa shape index (κ2) is 4.13. The Hall–Kier alpha value is -1.81. The third kappa shape index (κ3) is 1.44. The van der Waals surface area contributed by atoms with Crippen molar-refractivity contribution in [1.82, 2.24) is 9.88 Å². The summed E-state index contributed by atoms with van der Waals surface area (Å²) >= 11 is 0. The predicted molar refractivity (Wildman–Crippen MR) is 83.4 cm³/mol. The molecule has 2 fully saturated rings. The summed E-state index contributed by atoms with van der Waals surface area (Å²) in [5.41, 5.74) is 3.85. The summed E-state index contributed by atoms with van der Waals surface area (Å²) in [5.74, 6) is -0.0709. The van der Waals surface area contributed by atoms with Gasteiger partial charge in [0, 0.05) is 28.7 Å². The van der Waals surface area contributed by atoms with E-state index < -0.39 is 6.10 Å². The summed E-state index contributed by atoms with van der Waals surface area (Å²) in [6.07, 6.45) is 4.10. The Morgan fingerprint density at radius 3 is 3.05 bits per heavy atom. The summed E-state index contributed by atoms with van der Waals surface area (Å²) in [6, 6.07) is 8.55. The Morgan fingerprint density at radius 1 is 1.27 bits per heavy atom. The van der Waals surface area contributed by atoms with Crippen molar-refractivity contribution < 1.29 is 9.90 Å². The zero-order chi connectivity index (χ0) is 14.9. The maximum Gasteiger partial charge on any atom is 0.251 e. The SMILES string of the molecule is O=C1[C@H](O)C[C@@]23CCCN1[C@@H]2c1c([nH]c2ccccc12)CC3. The van der Waals surface area contributed by atoms with E-state index in [9.17, 15) is 9.90 Å². The molecule has 2 N–H and O–H groups in total. The molecule has 4 nitrogen and oxygen atoms in total. The number of nitrogens with one attached hydrogen (secondary N) is 1. The van der Waals surface area contributed by atoms with Crippen LogP contribution in [0.25, 0.3) is 10.9 Å². The number of aliphatic hydroxyl groups excluding tert-OH is 1. The largest absolute Gasteiger partial charge is 0.383 e. The third-order valence-electron chi connectivity index (χ3n) is 6.11. The van der Waals surface area contributed by atoms with Gasteiger partial charge in [-0.3, -0.25) is 4.79 Å². The van der Waals surface area contributed by atoms with Crippen LogP contribution in [0.3, 0.4) is 0 Å². The lowest BCUT2D eigenvalue weighted by Gasteiger charge is -2.57. The van der Waals surface area contributed by atoms with Gasteiger partial charge >= 0.3 is 0 Å². The molecule has 3 aliphatic rings. The highest BCUT2D eigenvalue weighted by Crippen LogP contribution is 2.58. The van der Waals surface area contributed by atoms with Crippen LogP contribution in [0.2, 0.25) is 0 Å². The Bertz CT molecular complexity index is 780. The smallest absolute Gasteiger partial charge is 0.251 e. The summed E-state index contributed by atoms with van der Waals surface area (Å²) in [7, 11) is 0. The van der Waals surface area contributed by atoms with E-state index in [1.807, 2.05) is 4.90 Å². The van der Waals surface area contributed by atoms with Gasteiger partial charge in [-0.25, -0.2) is 0 Å². The minimum absolute atomic E-state index is 0.0709. The van der Waals surface area contributed by atoms with Crippen LogP contribution in [0.1, 0.15) is 43.0 Å². The summed E-state index contributed by atoms with van der Waals surface area (Å²) in [6.45, 7) is 0.779. The topological polar surface area (TPSA) is 56.3 Å². The van der Waals surface area contributed by atoms with Gasteiger partial charge in [0.15, 0.2) is 0 Å². The van der Waals surface area contributed by atoms with Crippen LogP contribution in [0.5, 0.6) is 0 Å². The second-order valence-corrected chi connectivity index (χ2v) is 7.18. The molecule has 0 radical (unpaired) electrons. The van der Waals surface area contributed by atoms with Crippen molar-refractivity contribution >= 4 is 16.8 Å². The van der Waals surface area contributed by atoms with Gasteiger partial charge in [-0.1, -0.05) is 18.2 Å². The zero-order valence-corrected chi connectivity index (χ0v) is 12.5. The zero-order valence-electron chi connectivity index (χ0n) is 12.5. The van der Waals surface area contributed by atoms with Crippen LogP contribution in [0.15, 0.2) is 24.3 Å². The molecule has 0 spiro atoms. The van der Waals surface area contributed by atoms with E-state index in [4.69, 9.17) is 0 Å². The molecule has 2 aliphatic heterocycles. The van der Waals surface area contributed by atoms with E-state index in [-0.39, 0.29) is 17.4 Å². The van der Waals surface area contributed by atoms with E-state index in [1.165, 1.54) is 22.2 Å². The highest BCUT2D eigenvalue weighted by molar-refractivity contribution is 5.88. The third-order valence-corrected chi connectivity index (χ3v) is 6.11. The van der Waals surface area contributed by atoms with Gasteiger partial charge in [0.25, 0.3) is 5.91 Å². The molecule has 1 amide bonds. The van der Waals surface area contributed by atoms with Crippen LogP contribution >= 0.6 is 0 Å². The average molecular weight is 296 g/mol. The van der Waals surface area contributed by atoms with Gasteiger partial charge in [-0.2, -0.15) is 0 Å². The number of hydrogen-bond donors (Lipinski definition) is 2. The molecule has 2 saturated heterocycles. The summed E-state index contributed by atoms with van der Waals surface area (Å²) in [5, 5.41) is 11.5. The minimum Gasteiger partial charge on any atom is -0.383 e. The number of amides is 1. The number of benzene rings is 1. The molecule has 2 aromatic rings. The number of para-hydroxylation sites is 1. The molecule has 2 bridgehead atoms. The molecule has 114 valence electrons. The summed E-state index contributed by atoms with van der Waals surface area (Å²) < 4.78 is 0. The minimum atomic E-state index is -0.802. The monoisotopic (exact) mass is 296 g/mol. The number of nitrogens with zero attached hydrogens (tertiary/aromatic N) is 1. The highest BCUT2D eigenvalue weighted by Gasteiger charge is 2.56. The predicted octanol–water partition coefficient (Wildman–Crippen LogP) is 2.53. The number of H-pyrrole nitrogens is 1. The van der Waals surface area contributed by atoms with Crippen LogP contribution < -0.4 is 0 Å². The van der Waals surface area contributed by atoms with Gasteiger partial charge < -0.3 is 15.0 Å². The fourth-order valence-electron chi connectivity index (χ4n) is 5.24. The molecule has 0 unspecified atom stereocenters. The molecule has 1 aliphatic carbocycles. The molecule has 0 saturated carbocycles. The molecule has 4 heteroatoms. The number of carbonyl (C=O) groups excluding carboxylic acids is 1. The number of aliphatic hydroxyl groups is 1. The highest BCUT2D eigenvalue weighted by atomic mass is 16.3. The molecular formula is C18H20N2O2. The second-order valence-electron chi connectivity index (χ2n) is 7.18. The first-order valence-electron chi connectivity index (χ1n) is 8.28. The maximum atomic E-state index is 12.5. The van der Waals surface area contributed by atoms with Crippen LogP contribution in [0.4, 0.5) is 0 Å². The standard InChI is InChI=1S/C18H20N2O2/c21-14-10-18-7-3-9-20(17(14)22)16(18)15-11-4-1-2-5-12(11)19-13(15)6-8-18/h1-2,4-5,14,16,19,21H,3,6-10H2/t14-,16-,18+/m1/s1. The molecule has 1 aromatic heterocycles. The van der Waals surface area contributed by atoms with Crippen LogP contribution in [0, 0.1) is 5.41 Å². The molecular weight excluding hydrogens is 276 g/mol. The normalized spacial score (nSPS) is 33.7. The lowest BCUT2D eigenvalue weighted by molar-refractivity contribution is -0.166. The van der Waals surface area contributed by atoms with Gasteiger partial charge in [0.1, 0.15) is 6.10 Å². The molecule has 1 aromatic carbocycles. The number of piperidine rings is 2. The Morgan fingerprint density at radius 2 is 2.14 bits per heavy atom. The van der Waals surface area contributed by atoms with Crippen molar-refractivity contribution in [3.05, 3.63) is 35.5 Å². The average Bonchev–Trinajstić information content (AvgIpc) is 2.91. The van der Waals surface area contributed by atoms with Crippen molar-refractivity contribution in [2.24, 2.45) is 5.41 Å². The lowest BCUT2D eigenvalue weighted by Crippen LogP contribution is -2.59. The quantitative estimate of drug-likeness (QED) is 0.785. The maximum absolute atomic E-state index is 12.5. The summed E-state index contributed by atoms with van der Waals surface area (Å²) in [4.78, 5) is 18.0. The molecule has 22 heavy (non-hydrogen) atoms. The fourth-order valence-corrected chi connectivity index (χ4v) is 5.24. The van der Waals surface area contributed by atoms with Gasteiger partial charge in [0.2, 0.25) is 0 Å². The first-order valence-corrected chi connectivity index (χ1v) is 8.28. The van der Waals surface area contributed by atoms with Crippen molar-refractivity contribution in [2.45, 2.75) is 44.2 Å². The number of hydrogen-bond acceptors (Lipinski definition) is 2. The van der Waals surface area contributed by atoms with Crippen LogP contribution in [-0.4, -0.2) is 33.5 Å². The van der Waals surface area contributed by atoms with Gasteiger partial charge in [-0.15, -0.1) is 0 Å². The van der Waals surface area contributed by atoms with Crippen LogP contribution in [-0.2, 0) is 11.2 Å². The number of aromatic amines is 1. The Kier molecular flexibility index (Phi) is 2.39. The van der Waals surface area contributed by atoms with Crippen molar-refractivity contribution in [2.75, 3.05) is 6.54 Å². The van der Waals surface area contributed by atoms with E-state index in [0.717, 1.165) is 32.2 Å². The van der Waals surface area contributed by atoms with E-state index in [1.54, 1.807) is 0 Å². The number of carbonyl (C=O) groups is 1. The molecule has 5 rings (SSSR count). The van der Waals surface area contributed by atoms with Gasteiger partial charge in [-0.05, 0) is 43.6 Å². The number of aromatic nitrogens is 1. The number of fused-ring (bicyclic) bond motifs is 3. The fraction of sp³-hybridized carbons (Fsp3) is 0.500. The van der Waals surface area contributed by atoms with Crippen molar-refractivity contribution in [1.29, 1.82) is 0 Å². The first-order chi connectivity index (χ1) is 10.7. The van der Waals surface area contributed by atoms with Gasteiger partial charge in [0.05, 0.1) is 6.04 Å². The lowest BCUT2D eigenvalue weighted by atomic mass is 9.59. The van der Waals surface area contributed by atoms with Crippen molar-refractivity contribution in [3.63, 3.8) is 0 Å². The number of rotatable bonds is 0. The molecule has 3 atom stereocenters. The Labute approximate surface area is 129 Å². The van der Waals surface area contributed by atoms with E-state index >= 15 is 0 Å². The Balaban J connectivity index is 1.77. The van der Waals surface area contributed by atoms with Crippen molar-refractivity contribution in [3.8, 4) is 0 Å².